The fourth-order valence-electron chi connectivity index (χ4n) is 2.06. The fourth-order valence-corrected chi connectivity index (χ4v) is 2.29. The number of benzene rings is 2. The number of nitrogens with one attached hydrogen (secondary N) is 2. The molecule has 0 fully saturated rings. The zero-order valence-corrected chi connectivity index (χ0v) is 12.3. The minimum Gasteiger partial charge on any atom is -0.490 e. The van der Waals surface area contributed by atoms with E-state index in [4.69, 9.17) is 21.7 Å². The van der Waals surface area contributed by atoms with E-state index in [0.29, 0.717) is 18.3 Å². The van der Waals surface area contributed by atoms with Crippen molar-refractivity contribution >= 4 is 28.7 Å². The van der Waals surface area contributed by atoms with E-state index in [1.807, 2.05) is 48.5 Å². The molecule has 21 heavy (non-hydrogen) atoms. The second kappa shape index (κ2) is 6.45. The van der Waals surface area contributed by atoms with Crippen LogP contribution in [-0.4, -0.2) is 18.3 Å². The third kappa shape index (κ3) is 3.64. The van der Waals surface area contributed by atoms with Crippen LogP contribution in [0.25, 0.3) is 0 Å². The van der Waals surface area contributed by atoms with E-state index in [1.54, 1.807) is 0 Å². The van der Waals surface area contributed by atoms with Crippen LogP contribution >= 0.6 is 12.2 Å². The molecule has 5 heteroatoms. The highest BCUT2D eigenvalue weighted by atomic mass is 32.1. The highest BCUT2D eigenvalue weighted by Crippen LogP contribution is 2.32. The maximum absolute atomic E-state index is 5.66. The Labute approximate surface area is 129 Å². The molecule has 0 unspecified atom stereocenters. The number of ether oxygens (including phenoxy) is 2. The lowest BCUT2D eigenvalue weighted by Gasteiger charge is -2.13. The molecule has 0 aliphatic carbocycles. The summed E-state index contributed by atoms with van der Waals surface area (Å²) in [7, 11) is 0. The van der Waals surface area contributed by atoms with Crippen LogP contribution in [0.1, 0.15) is 6.42 Å². The van der Waals surface area contributed by atoms with Crippen molar-refractivity contribution in [1.82, 2.24) is 0 Å². The number of hydrogen-bond donors (Lipinski definition) is 2. The van der Waals surface area contributed by atoms with E-state index in [1.165, 1.54) is 0 Å². The second-order valence-corrected chi connectivity index (χ2v) is 5.07. The van der Waals surface area contributed by atoms with Gasteiger partial charge in [0.1, 0.15) is 0 Å². The molecule has 2 aromatic rings. The third-order valence-electron chi connectivity index (χ3n) is 3.04. The maximum Gasteiger partial charge on any atom is 0.175 e. The van der Waals surface area contributed by atoms with Gasteiger partial charge < -0.3 is 20.1 Å². The first-order valence-corrected chi connectivity index (χ1v) is 7.25. The van der Waals surface area contributed by atoms with Gasteiger partial charge in [-0.2, -0.15) is 0 Å². The van der Waals surface area contributed by atoms with Crippen molar-refractivity contribution in [3.63, 3.8) is 0 Å². The Balaban J connectivity index is 1.67. The van der Waals surface area contributed by atoms with Crippen molar-refractivity contribution in [2.24, 2.45) is 0 Å². The van der Waals surface area contributed by atoms with Gasteiger partial charge in [-0.15, -0.1) is 0 Å². The number of hydrogen-bond acceptors (Lipinski definition) is 3. The van der Waals surface area contributed by atoms with Crippen molar-refractivity contribution < 1.29 is 9.47 Å². The zero-order valence-electron chi connectivity index (χ0n) is 11.5. The molecule has 0 spiro atoms. The summed E-state index contributed by atoms with van der Waals surface area (Å²) < 4.78 is 11.3. The minimum atomic E-state index is 0.538. The van der Waals surface area contributed by atoms with E-state index in [9.17, 15) is 0 Å². The van der Waals surface area contributed by atoms with E-state index >= 15 is 0 Å². The highest BCUT2D eigenvalue weighted by Gasteiger charge is 2.11. The summed E-state index contributed by atoms with van der Waals surface area (Å²) in [4.78, 5) is 0. The quantitative estimate of drug-likeness (QED) is 0.829. The monoisotopic (exact) mass is 300 g/mol. The predicted octanol–water partition coefficient (Wildman–Crippen LogP) is 3.66. The molecule has 2 N–H and O–H groups in total. The average molecular weight is 300 g/mol. The zero-order chi connectivity index (χ0) is 14.5. The number of para-hydroxylation sites is 1. The summed E-state index contributed by atoms with van der Waals surface area (Å²) in [6.07, 6.45) is 0.894. The SMILES string of the molecule is S=C(Nc1ccccc1)Nc1ccc2c(c1)OCCCO2. The first kappa shape index (κ1) is 13.7. The molecule has 3 rings (SSSR count). The summed E-state index contributed by atoms with van der Waals surface area (Å²) in [6.45, 7) is 1.36. The Morgan fingerprint density at radius 1 is 0.857 bits per heavy atom. The number of rotatable bonds is 2. The van der Waals surface area contributed by atoms with Crippen LogP contribution in [-0.2, 0) is 0 Å². The van der Waals surface area contributed by atoms with Gasteiger partial charge in [-0.05, 0) is 36.5 Å². The summed E-state index contributed by atoms with van der Waals surface area (Å²) >= 11 is 5.31. The van der Waals surface area contributed by atoms with Gasteiger partial charge in [-0.25, -0.2) is 0 Å². The summed E-state index contributed by atoms with van der Waals surface area (Å²) in [5.74, 6) is 1.53. The Hall–Kier alpha value is -2.27. The van der Waals surface area contributed by atoms with Crippen LogP contribution < -0.4 is 20.1 Å². The maximum atomic E-state index is 5.66. The number of thiocarbonyl (C=S) groups is 1. The van der Waals surface area contributed by atoms with E-state index in [0.717, 1.165) is 29.3 Å². The number of anilines is 2. The van der Waals surface area contributed by atoms with Gasteiger partial charge in [-0.3, -0.25) is 0 Å². The summed E-state index contributed by atoms with van der Waals surface area (Å²) in [6, 6.07) is 15.5. The average Bonchev–Trinajstić information content (AvgIpc) is 2.73. The van der Waals surface area contributed by atoms with Gasteiger partial charge in [0.05, 0.1) is 13.2 Å². The summed E-state index contributed by atoms with van der Waals surface area (Å²) in [5, 5.41) is 6.81. The molecule has 1 aliphatic heterocycles. The lowest BCUT2D eigenvalue weighted by atomic mass is 10.3. The molecule has 0 amide bonds. The summed E-state index contributed by atoms with van der Waals surface area (Å²) in [5.41, 5.74) is 1.82. The normalized spacial score (nSPS) is 13.1. The second-order valence-electron chi connectivity index (χ2n) is 4.66. The molecule has 108 valence electrons. The third-order valence-corrected chi connectivity index (χ3v) is 3.24. The molecule has 0 radical (unpaired) electrons. The molecule has 1 aliphatic rings. The topological polar surface area (TPSA) is 42.5 Å². The lowest BCUT2D eigenvalue weighted by Crippen LogP contribution is -2.18. The molecular weight excluding hydrogens is 284 g/mol. The fraction of sp³-hybridized carbons (Fsp3) is 0.188. The van der Waals surface area contributed by atoms with Crippen molar-refractivity contribution in [2.75, 3.05) is 23.8 Å². The van der Waals surface area contributed by atoms with Crippen LogP contribution in [0.15, 0.2) is 48.5 Å². The van der Waals surface area contributed by atoms with E-state index in [2.05, 4.69) is 10.6 Å². The molecule has 0 atom stereocenters. The Bertz CT molecular complexity index is 631. The van der Waals surface area contributed by atoms with E-state index in [-0.39, 0.29) is 0 Å². The van der Waals surface area contributed by atoms with Crippen molar-refractivity contribution in [1.29, 1.82) is 0 Å². The molecule has 1 heterocycles. The van der Waals surface area contributed by atoms with E-state index < -0.39 is 0 Å². The Morgan fingerprint density at radius 3 is 2.38 bits per heavy atom. The van der Waals surface area contributed by atoms with Crippen molar-refractivity contribution in [2.45, 2.75) is 6.42 Å². The molecular formula is C16H16N2O2S. The van der Waals surface area contributed by atoms with Gasteiger partial charge in [0.25, 0.3) is 0 Å². The van der Waals surface area contributed by atoms with Crippen LogP contribution in [0.5, 0.6) is 11.5 Å². The minimum absolute atomic E-state index is 0.538. The van der Waals surface area contributed by atoms with Crippen LogP contribution in [0.2, 0.25) is 0 Å². The smallest absolute Gasteiger partial charge is 0.175 e. The van der Waals surface area contributed by atoms with Crippen molar-refractivity contribution in [3.8, 4) is 11.5 Å². The van der Waals surface area contributed by atoms with Crippen LogP contribution in [0.3, 0.4) is 0 Å². The van der Waals surface area contributed by atoms with Gasteiger partial charge in [-0.1, -0.05) is 18.2 Å². The molecule has 2 aromatic carbocycles. The highest BCUT2D eigenvalue weighted by molar-refractivity contribution is 7.80. The van der Waals surface area contributed by atoms with Crippen LogP contribution in [0, 0.1) is 0 Å². The molecule has 0 aromatic heterocycles. The Morgan fingerprint density at radius 2 is 1.57 bits per heavy atom. The van der Waals surface area contributed by atoms with Gasteiger partial charge in [0.15, 0.2) is 16.6 Å². The standard InChI is InChI=1S/C16H16N2O2S/c21-16(17-12-5-2-1-3-6-12)18-13-7-8-14-15(11-13)20-10-4-9-19-14/h1-3,5-8,11H,4,9-10H2,(H2,17,18,21). The molecule has 0 saturated heterocycles. The molecule has 0 bridgehead atoms. The number of fused-ring (bicyclic) bond motifs is 1. The predicted molar refractivity (Wildman–Crippen MR) is 88.3 cm³/mol. The van der Waals surface area contributed by atoms with Gasteiger partial charge in [0, 0.05) is 23.9 Å². The first-order chi connectivity index (χ1) is 10.3. The molecule has 0 saturated carbocycles. The lowest BCUT2D eigenvalue weighted by molar-refractivity contribution is 0.297. The van der Waals surface area contributed by atoms with Crippen LogP contribution in [0.4, 0.5) is 11.4 Å². The van der Waals surface area contributed by atoms with Gasteiger partial charge >= 0.3 is 0 Å². The Kier molecular flexibility index (Phi) is 4.21. The molecule has 4 nitrogen and oxygen atoms in total. The first-order valence-electron chi connectivity index (χ1n) is 6.84. The van der Waals surface area contributed by atoms with Crippen molar-refractivity contribution in [3.05, 3.63) is 48.5 Å². The van der Waals surface area contributed by atoms with Gasteiger partial charge in [0.2, 0.25) is 0 Å². The largest absolute Gasteiger partial charge is 0.490 e.